The number of pyridine rings is 1. The second kappa shape index (κ2) is 7.23. The van der Waals surface area contributed by atoms with Gasteiger partial charge in [-0.2, -0.15) is 8.78 Å². The Morgan fingerprint density at radius 2 is 1.69 bits per heavy atom. The van der Waals surface area contributed by atoms with Crippen LogP contribution in [-0.2, 0) is 15.4 Å². The van der Waals surface area contributed by atoms with Crippen molar-refractivity contribution in [1.82, 2.24) is 14.6 Å². The maximum absolute atomic E-state index is 14.5. The third kappa shape index (κ3) is 4.62. The van der Waals surface area contributed by atoms with Crippen LogP contribution in [0.15, 0.2) is 42.6 Å². The molecule has 0 radical (unpaired) electrons. The van der Waals surface area contributed by atoms with Gasteiger partial charge in [-0.05, 0) is 35.4 Å². The first-order valence-corrected chi connectivity index (χ1v) is 8.50. The Labute approximate surface area is 160 Å². The number of epoxide rings is 1. The Kier molecular flexibility index (Phi) is 4.87. The lowest BCUT2D eigenvalue weighted by Gasteiger charge is -2.15. The van der Waals surface area contributed by atoms with Crippen molar-refractivity contribution in [3.05, 3.63) is 48.4 Å². The Morgan fingerprint density at radius 1 is 1.00 bits per heavy atom. The van der Waals surface area contributed by atoms with Gasteiger partial charge in [0, 0.05) is 6.20 Å². The highest BCUT2D eigenvalue weighted by molar-refractivity contribution is 5.65. The molecule has 0 aliphatic carbocycles. The lowest BCUT2D eigenvalue weighted by atomic mass is 10.1. The topological polar surface area (TPSA) is 61.2 Å². The summed E-state index contributed by atoms with van der Waals surface area (Å²) in [6, 6.07) is 8.16. The smallest absolute Gasteiger partial charge is 0.406 e. The van der Waals surface area contributed by atoms with E-state index in [0.717, 1.165) is 16.5 Å². The number of aromatic nitrogens is 3. The fourth-order valence-electron chi connectivity index (χ4n) is 2.71. The molecule has 0 saturated carbocycles. The number of fused-ring (bicyclic) bond motifs is 1. The van der Waals surface area contributed by atoms with Crippen molar-refractivity contribution in [3.63, 3.8) is 0 Å². The predicted molar refractivity (Wildman–Crippen MR) is 89.6 cm³/mol. The van der Waals surface area contributed by atoms with Gasteiger partial charge in [0.1, 0.15) is 18.5 Å². The third-order valence-electron chi connectivity index (χ3n) is 4.14. The van der Waals surface area contributed by atoms with Crippen LogP contribution in [0.5, 0.6) is 5.75 Å². The van der Waals surface area contributed by atoms with Crippen LogP contribution in [0.1, 0.15) is 5.82 Å². The van der Waals surface area contributed by atoms with Crippen LogP contribution in [0.3, 0.4) is 0 Å². The summed E-state index contributed by atoms with van der Waals surface area (Å²) in [6.45, 7) is -0.305. The normalized spacial score (nSPS) is 16.9. The molecule has 0 spiro atoms. The minimum absolute atomic E-state index is 0.0733. The van der Waals surface area contributed by atoms with Crippen LogP contribution in [-0.4, -0.2) is 46.9 Å². The lowest BCUT2D eigenvalue weighted by molar-refractivity contribution is -0.274. The zero-order chi connectivity index (χ0) is 20.6. The summed E-state index contributed by atoms with van der Waals surface area (Å²) in [5, 5.41) is 7.31. The van der Waals surface area contributed by atoms with Crippen LogP contribution in [0, 0.1) is 0 Å². The van der Waals surface area contributed by atoms with Crippen molar-refractivity contribution in [3.8, 4) is 16.9 Å². The molecular weight excluding hydrogens is 401 g/mol. The lowest BCUT2D eigenvalue weighted by Crippen LogP contribution is -2.25. The van der Waals surface area contributed by atoms with Gasteiger partial charge in [0.2, 0.25) is 5.82 Å². The van der Waals surface area contributed by atoms with Gasteiger partial charge in [-0.3, -0.25) is 4.40 Å². The van der Waals surface area contributed by atoms with E-state index in [2.05, 4.69) is 14.9 Å². The van der Waals surface area contributed by atoms with Gasteiger partial charge in [-0.1, -0.05) is 12.1 Å². The molecule has 0 N–H and O–H groups in total. The van der Waals surface area contributed by atoms with Crippen molar-refractivity contribution in [2.45, 2.75) is 18.4 Å². The van der Waals surface area contributed by atoms with Gasteiger partial charge in [0.15, 0.2) is 5.65 Å². The van der Waals surface area contributed by atoms with Crippen molar-refractivity contribution in [1.29, 1.82) is 0 Å². The molecule has 1 saturated heterocycles. The highest BCUT2D eigenvalue weighted by Gasteiger charge is 2.38. The van der Waals surface area contributed by atoms with Crippen molar-refractivity contribution < 1.29 is 36.2 Å². The minimum Gasteiger partial charge on any atom is -0.406 e. The molecule has 2 aromatic heterocycles. The van der Waals surface area contributed by atoms with Gasteiger partial charge in [-0.15, -0.1) is 23.4 Å². The molecule has 3 heterocycles. The monoisotopic (exact) mass is 415 g/mol. The fraction of sp³-hybridized carbons (Fsp3) is 0.333. The van der Waals surface area contributed by atoms with Gasteiger partial charge < -0.3 is 14.2 Å². The zero-order valence-electron chi connectivity index (χ0n) is 14.7. The van der Waals surface area contributed by atoms with E-state index < -0.39 is 24.7 Å². The average Bonchev–Trinajstić information content (AvgIpc) is 3.36. The summed E-state index contributed by atoms with van der Waals surface area (Å²) in [6.07, 6.45) is -3.55. The molecule has 0 amide bonds. The van der Waals surface area contributed by atoms with E-state index in [1.54, 1.807) is 6.07 Å². The highest BCUT2D eigenvalue weighted by Crippen LogP contribution is 2.30. The van der Waals surface area contributed by atoms with Gasteiger partial charge >= 0.3 is 12.3 Å². The van der Waals surface area contributed by atoms with E-state index in [4.69, 9.17) is 9.47 Å². The molecule has 1 fully saturated rings. The SMILES string of the molecule is FC(F)(F)Oc1ccc(-c2ccc3nnc(C(F)(F)COCC4CO4)n3c2)cc1. The molecule has 29 heavy (non-hydrogen) atoms. The first-order chi connectivity index (χ1) is 13.7. The molecule has 1 unspecified atom stereocenters. The highest BCUT2D eigenvalue weighted by atomic mass is 19.4. The van der Waals surface area contributed by atoms with E-state index in [1.807, 2.05) is 0 Å². The Morgan fingerprint density at radius 3 is 2.34 bits per heavy atom. The van der Waals surface area contributed by atoms with Crippen LogP contribution < -0.4 is 4.74 Å². The maximum Gasteiger partial charge on any atom is 0.573 e. The Balaban J connectivity index is 1.57. The molecule has 6 nitrogen and oxygen atoms in total. The van der Waals surface area contributed by atoms with Gasteiger partial charge in [0.25, 0.3) is 0 Å². The molecule has 1 aliphatic rings. The van der Waals surface area contributed by atoms with Crippen molar-refractivity contribution >= 4 is 5.65 Å². The number of hydrogen-bond donors (Lipinski definition) is 0. The predicted octanol–water partition coefficient (Wildman–Crippen LogP) is 3.80. The number of alkyl halides is 5. The average molecular weight is 415 g/mol. The number of hydrogen-bond acceptors (Lipinski definition) is 5. The zero-order valence-corrected chi connectivity index (χ0v) is 14.7. The standard InChI is InChI=1S/C18H14F5N3O3/c19-17(20,10-27-8-14-9-28-14)16-25-24-15-6-3-12(7-26(15)16)11-1-4-13(5-2-11)29-18(21,22)23/h1-7,14H,8-10H2. The molecule has 1 aromatic carbocycles. The quantitative estimate of drug-likeness (QED) is 0.434. The molecule has 1 aliphatic heterocycles. The fourth-order valence-corrected chi connectivity index (χ4v) is 2.71. The summed E-state index contributed by atoms with van der Waals surface area (Å²) >= 11 is 0. The summed E-state index contributed by atoms with van der Waals surface area (Å²) in [7, 11) is 0. The number of halogens is 5. The van der Waals surface area contributed by atoms with Crippen molar-refractivity contribution in [2.24, 2.45) is 0 Å². The largest absolute Gasteiger partial charge is 0.573 e. The van der Waals surface area contributed by atoms with E-state index >= 15 is 0 Å². The number of rotatable bonds is 7. The molecule has 154 valence electrons. The van der Waals surface area contributed by atoms with E-state index in [-0.39, 0.29) is 24.1 Å². The third-order valence-corrected chi connectivity index (χ3v) is 4.14. The molecule has 4 rings (SSSR count). The van der Waals surface area contributed by atoms with E-state index in [0.29, 0.717) is 17.7 Å². The van der Waals surface area contributed by atoms with Crippen molar-refractivity contribution in [2.75, 3.05) is 19.8 Å². The van der Waals surface area contributed by atoms with Gasteiger partial charge in [0.05, 0.1) is 13.2 Å². The molecule has 3 aromatic rings. The van der Waals surface area contributed by atoms with Crippen LogP contribution in [0.2, 0.25) is 0 Å². The second-order valence-corrected chi connectivity index (χ2v) is 6.42. The van der Waals surface area contributed by atoms with Crippen LogP contribution >= 0.6 is 0 Å². The molecule has 1 atom stereocenters. The molecule has 0 bridgehead atoms. The summed E-state index contributed by atoms with van der Waals surface area (Å²) in [4.78, 5) is 0. The Bertz CT molecular complexity index is 1000. The summed E-state index contributed by atoms with van der Waals surface area (Å²) in [5.74, 6) is -4.36. The number of benzene rings is 1. The summed E-state index contributed by atoms with van der Waals surface area (Å²) in [5.41, 5.74) is 1.19. The summed E-state index contributed by atoms with van der Waals surface area (Å²) < 4.78 is 80.7. The maximum atomic E-state index is 14.5. The second-order valence-electron chi connectivity index (χ2n) is 6.42. The van der Waals surface area contributed by atoms with Crippen LogP contribution in [0.4, 0.5) is 22.0 Å². The van der Waals surface area contributed by atoms with E-state index in [1.165, 1.54) is 24.4 Å². The first-order valence-electron chi connectivity index (χ1n) is 8.50. The molecular formula is C18H14F5N3O3. The number of nitrogens with zero attached hydrogens (tertiary/aromatic N) is 3. The Hall–Kier alpha value is -2.79. The van der Waals surface area contributed by atoms with Gasteiger partial charge in [-0.25, -0.2) is 0 Å². The minimum atomic E-state index is -4.79. The number of ether oxygens (including phenoxy) is 3. The molecule has 11 heteroatoms. The van der Waals surface area contributed by atoms with E-state index in [9.17, 15) is 22.0 Å². The van der Waals surface area contributed by atoms with Crippen LogP contribution in [0.25, 0.3) is 16.8 Å². The first kappa shape index (κ1) is 19.5.